The van der Waals surface area contributed by atoms with E-state index in [1.807, 2.05) is 42.5 Å². The summed E-state index contributed by atoms with van der Waals surface area (Å²) in [6, 6.07) is 15.9. The fraction of sp³-hybridized carbons (Fsp3) is 0.250. The van der Waals surface area contributed by atoms with Crippen LogP contribution in [0.4, 0.5) is 5.82 Å². The third-order valence-corrected chi connectivity index (χ3v) is 5.56. The maximum atomic E-state index is 6.05. The number of pyridine rings is 2. The van der Waals surface area contributed by atoms with E-state index in [4.69, 9.17) is 19.4 Å². The first-order chi connectivity index (χ1) is 15.3. The normalized spacial score (nSPS) is 18.4. The van der Waals surface area contributed by atoms with Crippen molar-refractivity contribution in [2.45, 2.75) is 18.6 Å². The molecule has 3 aromatic heterocycles. The zero-order chi connectivity index (χ0) is 21.0. The van der Waals surface area contributed by atoms with Gasteiger partial charge in [0.1, 0.15) is 18.2 Å². The van der Waals surface area contributed by atoms with Crippen LogP contribution >= 0.6 is 0 Å². The van der Waals surface area contributed by atoms with E-state index >= 15 is 0 Å². The van der Waals surface area contributed by atoms with Crippen molar-refractivity contribution in [1.29, 1.82) is 0 Å². The van der Waals surface area contributed by atoms with Crippen molar-refractivity contribution in [3.05, 3.63) is 73.3 Å². The average molecular weight is 413 g/mol. The Hall–Kier alpha value is -3.58. The Morgan fingerprint density at radius 1 is 0.968 bits per heavy atom. The van der Waals surface area contributed by atoms with E-state index in [1.54, 1.807) is 31.9 Å². The van der Waals surface area contributed by atoms with Gasteiger partial charge in [0.2, 0.25) is 0 Å². The van der Waals surface area contributed by atoms with Crippen LogP contribution in [-0.2, 0) is 4.74 Å². The summed E-state index contributed by atoms with van der Waals surface area (Å²) in [6.07, 6.45) is 7.98. The van der Waals surface area contributed by atoms with Gasteiger partial charge in [-0.2, -0.15) is 0 Å². The van der Waals surface area contributed by atoms with Crippen LogP contribution in [0.3, 0.4) is 0 Å². The third kappa shape index (κ3) is 4.04. The van der Waals surface area contributed by atoms with Crippen LogP contribution in [-0.4, -0.2) is 52.3 Å². The fourth-order valence-corrected chi connectivity index (χ4v) is 3.99. The van der Waals surface area contributed by atoms with Crippen molar-refractivity contribution in [2.24, 2.45) is 0 Å². The van der Waals surface area contributed by atoms with Crippen molar-refractivity contribution in [2.75, 3.05) is 25.2 Å². The number of fused-ring (bicyclic) bond motifs is 1. The maximum absolute atomic E-state index is 6.05. The Kier molecular flexibility index (Phi) is 5.41. The van der Waals surface area contributed by atoms with Gasteiger partial charge in [-0.15, -0.1) is 0 Å². The summed E-state index contributed by atoms with van der Waals surface area (Å²) >= 11 is 0. The minimum atomic E-state index is 0.109. The zero-order valence-electron chi connectivity index (χ0n) is 17.3. The highest BCUT2D eigenvalue weighted by atomic mass is 16.5. The quantitative estimate of drug-likeness (QED) is 0.476. The molecule has 0 amide bonds. The second-order valence-corrected chi connectivity index (χ2v) is 7.53. The van der Waals surface area contributed by atoms with Crippen molar-refractivity contribution >= 4 is 16.7 Å². The van der Waals surface area contributed by atoms with Gasteiger partial charge in [0, 0.05) is 43.2 Å². The van der Waals surface area contributed by atoms with E-state index in [-0.39, 0.29) is 12.1 Å². The SMILES string of the molecule is CO[C@@H]1C[C@@H](COc2cccnc2)N(c2nc(-c3cccnc3)nc3ccccc23)C1. The van der Waals surface area contributed by atoms with Gasteiger partial charge in [-0.05, 0) is 42.8 Å². The molecule has 5 rings (SSSR count). The van der Waals surface area contributed by atoms with E-state index in [0.717, 1.165) is 41.0 Å². The van der Waals surface area contributed by atoms with Crippen molar-refractivity contribution in [3.8, 4) is 17.1 Å². The molecular weight excluding hydrogens is 390 g/mol. The molecular formula is C24H23N5O2. The number of hydrogen-bond donors (Lipinski definition) is 0. The van der Waals surface area contributed by atoms with Crippen LogP contribution in [0.15, 0.2) is 73.3 Å². The predicted molar refractivity (Wildman–Crippen MR) is 119 cm³/mol. The molecule has 0 bridgehead atoms. The Labute approximate surface area is 180 Å². The second-order valence-electron chi connectivity index (χ2n) is 7.53. The number of rotatable bonds is 6. The molecule has 1 fully saturated rings. The van der Waals surface area contributed by atoms with Crippen LogP contribution in [0, 0.1) is 0 Å². The van der Waals surface area contributed by atoms with Crippen molar-refractivity contribution < 1.29 is 9.47 Å². The summed E-state index contributed by atoms with van der Waals surface area (Å²) in [5.41, 5.74) is 1.79. The molecule has 0 spiro atoms. The lowest BCUT2D eigenvalue weighted by molar-refractivity contribution is 0.115. The number of ether oxygens (including phenoxy) is 2. The molecule has 4 aromatic rings. The second kappa shape index (κ2) is 8.65. The molecule has 1 aromatic carbocycles. The van der Waals surface area contributed by atoms with Crippen LogP contribution in [0.2, 0.25) is 0 Å². The number of benzene rings is 1. The highest BCUT2D eigenvalue weighted by Crippen LogP contribution is 2.33. The lowest BCUT2D eigenvalue weighted by Crippen LogP contribution is -2.35. The largest absolute Gasteiger partial charge is 0.490 e. The zero-order valence-corrected chi connectivity index (χ0v) is 17.3. The summed E-state index contributed by atoms with van der Waals surface area (Å²) in [5, 5.41) is 1.01. The van der Waals surface area contributed by atoms with Gasteiger partial charge in [0.25, 0.3) is 0 Å². The van der Waals surface area contributed by atoms with Crippen LogP contribution < -0.4 is 9.64 Å². The van der Waals surface area contributed by atoms with Crippen LogP contribution in [0.5, 0.6) is 5.75 Å². The monoisotopic (exact) mass is 413 g/mol. The maximum Gasteiger partial charge on any atom is 0.163 e. The van der Waals surface area contributed by atoms with Crippen LogP contribution in [0.25, 0.3) is 22.3 Å². The minimum Gasteiger partial charge on any atom is -0.490 e. The molecule has 0 radical (unpaired) electrons. The molecule has 2 atom stereocenters. The highest BCUT2D eigenvalue weighted by Gasteiger charge is 2.35. The van der Waals surface area contributed by atoms with Gasteiger partial charge in [-0.25, -0.2) is 9.97 Å². The smallest absolute Gasteiger partial charge is 0.163 e. The molecule has 7 nitrogen and oxygen atoms in total. The molecule has 1 aliphatic rings. The average Bonchev–Trinajstić information content (AvgIpc) is 3.26. The Bertz CT molecular complexity index is 1160. The summed E-state index contributed by atoms with van der Waals surface area (Å²) in [6.45, 7) is 1.26. The van der Waals surface area contributed by atoms with E-state index in [1.165, 1.54) is 0 Å². The standard InChI is InChI=1S/C24H23N5O2/c1-30-20-12-18(16-31-19-7-5-11-26-14-19)29(15-20)24-21-8-2-3-9-22(21)27-23(28-24)17-6-4-10-25-13-17/h2-11,13-14,18,20H,12,15-16H2,1H3/t18-,20+/m0/s1. The van der Waals surface area contributed by atoms with Crippen LogP contribution in [0.1, 0.15) is 6.42 Å². The molecule has 7 heteroatoms. The molecule has 4 heterocycles. The minimum absolute atomic E-state index is 0.109. The fourth-order valence-electron chi connectivity index (χ4n) is 3.99. The van der Waals surface area contributed by atoms with E-state index in [2.05, 4.69) is 20.9 Å². The number of hydrogen-bond acceptors (Lipinski definition) is 7. The van der Waals surface area contributed by atoms with Gasteiger partial charge < -0.3 is 14.4 Å². The summed E-state index contributed by atoms with van der Waals surface area (Å²) in [4.78, 5) is 20.4. The van der Waals surface area contributed by atoms with E-state index in [0.29, 0.717) is 12.4 Å². The molecule has 0 aliphatic carbocycles. The predicted octanol–water partition coefficient (Wildman–Crippen LogP) is 3.76. The van der Waals surface area contributed by atoms with Crippen molar-refractivity contribution in [3.63, 3.8) is 0 Å². The number of methoxy groups -OCH3 is 1. The molecule has 1 saturated heterocycles. The number of aromatic nitrogens is 4. The lowest BCUT2D eigenvalue weighted by atomic mass is 10.1. The number of anilines is 1. The van der Waals surface area contributed by atoms with Gasteiger partial charge in [0.05, 0.1) is 23.9 Å². The van der Waals surface area contributed by atoms with Gasteiger partial charge in [-0.3, -0.25) is 9.97 Å². The van der Waals surface area contributed by atoms with E-state index < -0.39 is 0 Å². The Morgan fingerprint density at radius 3 is 2.58 bits per heavy atom. The molecule has 0 saturated carbocycles. The summed E-state index contributed by atoms with van der Waals surface area (Å²) < 4.78 is 11.8. The molecule has 31 heavy (non-hydrogen) atoms. The summed E-state index contributed by atoms with van der Waals surface area (Å²) in [5.74, 6) is 2.31. The first-order valence-electron chi connectivity index (χ1n) is 10.3. The topological polar surface area (TPSA) is 73.3 Å². The summed E-state index contributed by atoms with van der Waals surface area (Å²) in [7, 11) is 1.76. The van der Waals surface area contributed by atoms with Gasteiger partial charge >= 0.3 is 0 Å². The molecule has 0 unspecified atom stereocenters. The van der Waals surface area contributed by atoms with Gasteiger partial charge in [-0.1, -0.05) is 12.1 Å². The first kappa shape index (κ1) is 19.4. The van der Waals surface area contributed by atoms with Crippen molar-refractivity contribution in [1.82, 2.24) is 19.9 Å². The third-order valence-electron chi connectivity index (χ3n) is 5.56. The molecule has 1 aliphatic heterocycles. The Morgan fingerprint density at radius 2 is 1.81 bits per heavy atom. The molecule has 156 valence electrons. The Balaban J connectivity index is 1.53. The van der Waals surface area contributed by atoms with Gasteiger partial charge in [0.15, 0.2) is 5.82 Å². The number of para-hydroxylation sites is 1. The molecule has 0 N–H and O–H groups in total. The van der Waals surface area contributed by atoms with E-state index in [9.17, 15) is 0 Å². The first-order valence-corrected chi connectivity index (χ1v) is 10.3. The number of nitrogens with zero attached hydrogens (tertiary/aromatic N) is 5. The highest BCUT2D eigenvalue weighted by molar-refractivity contribution is 5.91. The lowest BCUT2D eigenvalue weighted by Gasteiger charge is -2.27.